The van der Waals surface area contributed by atoms with Crippen molar-refractivity contribution in [3.63, 3.8) is 0 Å². The predicted octanol–water partition coefficient (Wildman–Crippen LogP) is 5.28. The van der Waals surface area contributed by atoms with E-state index >= 15 is 0 Å². The molecule has 33 heavy (non-hydrogen) atoms. The minimum Gasteiger partial charge on any atom is -0.321 e. The molecule has 0 atom stereocenters. The molecule has 1 saturated heterocycles. The van der Waals surface area contributed by atoms with Crippen LogP contribution in [0, 0.1) is 6.92 Å². The largest absolute Gasteiger partial charge is 0.324 e. The van der Waals surface area contributed by atoms with Gasteiger partial charge in [-0.2, -0.15) is 0 Å². The molecule has 168 valence electrons. The van der Waals surface area contributed by atoms with Crippen molar-refractivity contribution in [1.29, 1.82) is 0 Å². The average molecular weight is 442 g/mol. The molecule has 0 aromatic heterocycles. The summed E-state index contributed by atoms with van der Waals surface area (Å²) in [6.45, 7) is 5.45. The second kappa shape index (κ2) is 9.69. The van der Waals surface area contributed by atoms with E-state index in [2.05, 4.69) is 29.6 Å². The van der Waals surface area contributed by atoms with Gasteiger partial charge in [-0.3, -0.25) is 14.5 Å². The van der Waals surface area contributed by atoms with Gasteiger partial charge in [0, 0.05) is 36.4 Å². The van der Waals surface area contributed by atoms with Crippen LogP contribution in [0.4, 0.5) is 16.2 Å². The lowest BCUT2D eigenvalue weighted by atomic mass is 10.1. The van der Waals surface area contributed by atoms with Gasteiger partial charge in [0.25, 0.3) is 5.91 Å². The van der Waals surface area contributed by atoms with Crippen molar-refractivity contribution in [2.75, 3.05) is 23.3 Å². The number of hydrogen-bond donors (Lipinski definition) is 1. The fourth-order valence-corrected chi connectivity index (χ4v) is 3.97. The van der Waals surface area contributed by atoms with Gasteiger partial charge in [0.2, 0.25) is 0 Å². The van der Waals surface area contributed by atoms with Crippen molar-refractivity contribution in [3.05, 3.63) is 95.1 Å². The van der Waals surface area contributed by atoms with E-state index in [1.807, 2.05) is 11.8 Å². The summed E-state index contributed by atoms with van der Waals surface area (Å²) in [6, 6.07) is 22.1. The third kappa shape index (κ3) is 5.12. The molecule has 1 N–H and O–H groups in total. The zero-order valence-corrected chi connectivity index (χ0v) is 18.9. The zero-order valence-electron chi connectivity index (χ0n) is 18.9. The van der Waals surface area contributed by atoms with E-state index in [0.717, 1.165) is 24.2 Å². The van der Waals surface area contributed by atoms with Gasteiger partial charge in [0.1, 0.15) is 0 Å². The van der Waals surface area contributed by atoms with Gasteiger partial charge in [0.15, 0.2) is 5.78 Å². The van der Waals surface area contributed by atoms with Crippen molar-refractivity contribution in [2.45, 2.75) is 26.8 Å². The van der Waals surface area contributed by atoms with E-state index in [0.29, 0.717) is 29.9 Å². The topological polar surface area (TPSA) is 69.7 Å². The van der Waals surface area contributed by atoms with E-state index in [4.69, 9.17) is 0 Å². The van der Waals surface area contributed by atoms with Gasteiger partial charge in [-0.15, -0.1) is 0 Å². The van der Waals surface area contributed by atoms with Crippen LogP contribution in [-0.4, -0.2) is 35.7 Å². The van der Waals surface area contributed by atoms with Gasteiger partial charge in [0.05, 0.1) is 5.69 Å². The quantitative estimate of drug-likeness (QED) is 0.529. The Morgan fingerprint density at radius 2 is 1.61 bits per heavy atom. The van der Waals surface area contributed by atoms with Gasteiger partial charge < -0.3 is 10.2 Å². The third-order valence-corrected chi connectivity index (χ3v) is 5.80. The maximum atomic E-state index is 13.1. The number of para-hydroxylation sites is 1. The lowest BCUT2D eigenvalue weighted by Gasteiger charge is -2.35. The molecule has 3 amide bonds. The average Bonchev–Trinajstić information content (AvgIpc) is 2.82. The van der Waals surface area contributed by atoms with Gasteiger partial charge in [-0.25, -0.2) is 4.79 Å². The molecular weight excluding hydrogens is 414 g/mol. The lowest BCUT2D eigenvalue weighted by molar-refractivity contribution is 0.101. The maximum Gasteiger partial charge on any atom is 0.324 e. The van der Waals surface area contributed by atoms with Crippen molar-refractivity contribution >= 4 is 29.1 Å². The second-order valence-corrected chi connectivity index (χ2v) is 8.30. The highest BCUT2D eigenvalue weighted by Crippen LogP contribution is 2.23. The molecule has 0 unspecified atom stereocenters. The Morgan fingerprint density at radius 1 is 0.909 bits per heavy atom. The van der Waals surface area contributed by atoms with Crippen LogP contribution >= 0.6 is 0 Å². The number of carbonyl (C=O) groups excluding carboxylic acids is 3. The van der Waals surface area contributed by atoms with Crippen molar-refractivity contribution < 1.29 is 14.4 Å². The number of nitrogens with one attached hydrogen (secondary N) is 1. The van der Waals surface area contributed by atoms with Crippen LogP contribution in [0.1, 0.15) is 45.2 Å². The summed E-state index contributed by atoms with van der Waals surface area (Å²) in [6.07, 6.45) is 0.877. The standard InChI is InChI=1S/C27H27N3O3/c1-19-8-10-21(11-9-19)18-29-16-5-17-30(27(29)33)23-14-12-22(13-15-23)26(32)28-25-7-4-3-6-24(25)20(2)31/h3-4,6-15H,5,16-18H2,1-2H3,(H,28,32). The summed E-state index contributed by atoms with van der Waals surface area (Å²) >= 11 is 0. The number of ketones is 1. The molecule has 0 aliphatic carbocycles. The Balaban J connectivity index is 1.45. The number of benzene rings is 3. The first-order valence-corrected chi connectivity index (χ1v) is 11.1. The fourth-order valence-electron chi connectivity index (χ4n) is 3.97. The Labute approximate surface area is 193 Å². The Hall–Kier alpha value is -3.93. The van der Waals surface area contributed by atoms with Crippen molar-refractivity contribution in [2.24, 2.45) is 0 Å². The van der Waals surface area contributed by atoms with E-state index < -0.39 is 0 Å². The number of amides is 3. The monoisotopic (exact) mass is 441 g/mol. The number of rotatable bonds is 6. The predicted molar refractivity (Wildman–Crippen MR) is 130 cm³/mol. The maximum absolute atomic E-state index is 13.1. The SMILES string of the molecule is CC(=O)c1ccccc1NC(=O)c1ccc(N2CCCN(Cc3ccc(C)cc3)C2=O)cc1. The van der Waals surface area contributed by atoms with E-state index in [9.17, 15) is 14.4 Å². The van der Waals surface area contributed by atoms with Crippen LogP contribution in [0.3, 0.4) is 0 Å². The first kappa shape index (κ1) is 22.3. The summed E-state index contributed by atoms with van der Waals surface area (Å²) in [7, 11) is 0. The number of nitrogens with zero attached hydrogens (tertiary/aromatic N) is 2. The Morgan fingerprint density at radius 3 is 2.30 bits per heavy atom. The van der Waals surface area contributed by atoms with E-state index in [1.54, 1.807) is 53.4 Å². The summed E-state index contributed by atoms with van der Waals surface area (Å²) in [5.74, 6) is -0.415. The number of anilines is 2. The molecule has 3 aromatic carbocycles. The van der Waals surface area contributed by atoms with Crippen LogP contribution in [0.15, 0.2) is 72.8 Å². The summed E-state index contributed by atoms with van der Waals surface area (Å²) < 4.78 is 0. The highest BCUT2D eigenvalue weighted by Gasteiger charge is 2.27. The van der Waals surface area contributed by atoms with E-state index in [1.165, 1.54) is 12.5 Å². The molecule has 0 radical (unpaired) electrons. The number of hydrogen-bond acceptors (Lipinski definition) is 3. The zero-order chi connectivity index (χ0) is 23.4. The minimum atomic E-state index is -0.304. The molecule has 4 rings (SSSR count). The number of urea groups is 1. The molecule has 6 heteroatoms. The second-order valence-electron chi connectivity index (χ2n) is 8.30. The van der Waals surface area contributed by atoms with Crippen LogP contribution in [0.2, 0.25) is 0 Å². The molecule has 6 nitrogen and oxygen atoms in total. The first-order chi connectivity index (χ1) is 15.9. The van der Waals surface area contributed by atoms with Crippen molar-refractivity contribution in [3.8, 4) is 0 Å². The van der Waals surface area contributed by atoms with Crippen LogP contribution in [-0.2, 0) is 6.54 Å². The molecule has 1 fully saturated rings. The summed E-state index contributed by atoms with van der Waals surface area (Å²) in [5.41, 5.74) is 4.47. The molecule has 0 bridgehead atoms. The fraction of sp³-hybridized carbons (Fsp3) is 0.222. The van der Waals surface area contributed by atoms with Gasteiger partial charge >= 0.3 is 6.03 Å². The normalized spacial score (nSPS) is 13.7. The van der Waals surface area contributed by atoms with Crippen LogP contribution < -0.4 is 10.2 Å². The summed E-state index contributed by atoms with van der Waals surface area (Å²) in [4.78, 5) is 41.2. The first-order valence-electron chi connectivity index (χ1n) is 11.1. The molecular formula is C27H27N3O3. The highest BCUT2D eigenvalue weighted by molar-refractivity contribution is 6.09. The Kier molecular flexibility index (Phi) is 6.54. The van der Waals surface area contributed by atoms with E-state index in [-0.39, 0.29) is 17.7 Å². The molecule has 1 heterocycles. The van der Waals surface area contributed by atoms with Crippen LogP contribution in [0.25, 0.3) is 0 Å². The molecule has 3 aromatic rings. The Bertz CT molecular complexity index is 1170. The number of aryl methyl sites for hydroxylation is 1. The minimum absolute atomic E-state index is 0.0330. The number of carbonyl (C=O) groups is 3. The molecule has 0 spiro atoms. The van der Waals surface area contributed by atoms with Gasteiger partial charge in [-0.05, 0) is 62.2 Å². The van der Waals surface area contributed by atoms with Crippen molar-refractivity contribution in [1.82, 2.24) is 4.90 Å². The summed E-state index contributed by atoms with van der Waals surface area (Å²) in [5, 5.41) is 2.81. The number of Topliss-reactive ketones (excluding diaryl/α,β-unsaturated/α-hetero) is 1. The molecule has 1 aliphatic rings. The molecule has 0 saturated carbocycles. The highest BCUT2D eigenvalue weighted by atomic mass is 16.2. The van der Waals surface area contributed by atoms with Crippen LogP contribution in [0.5, 0.6) is 0 Å². The smallest absolute Gasteiger partial charge is 0.321 e. The van der Waals surface area contributed by atoms with Gasteiger partial charge in [-0.1, -0.05) is 42.0 Å². The molecule has 1 aliphatic heterocycles. The lowest BCUT2D eigenvalue weighted by Crippen LogP contribution is -2.49. The third-order valence-electron chi connectivity index (χ3n) is 5.80.